The van der Waals surface area contributed by atoms with Crippen molar-refractivity contribution >= 4 is 5.69 Å². The lowest BCUT2D eigenvalue weighted by Crippen LogP contribution is -2.16. The van der Waals surface area contributed by atoms with Gasteiger partial charge < -0.3 is 10.1 Å². The van der Waals surface area contributed by atoms with E-state index in [0.717, 1.165) is 5.69 Å². The van der Waals surface area contributed by atoms with Crippen molar-refractivity contribution < 1.29 is 4.74 Å². The third kappa shape index (κ3) is 3.34. The van der Waals surface area contributed by atoms with E-state index in [1.165, 1.54) is 31.7 Å². The average Bonchev–Trinajstić information content (AvgIpc) is 2.77. The Balaban J connectivity index is 1.66. The number of ether oxygens (including phenoxy) is 1. The van der Waals surface area contributed by atoms with Gasteiger partial charge in [-0.25, -0.2) is 5.10 Å². The van der Waals surface area contributed by atoms with Gasteiger partial charge in [-0.1, -0.05) is 12.8 Å². The second-order valence-electron chi connectivity index (χ2n) is 4.04. The smallest absolute Gasteiger partial charge is 0.266 e. The van der Waals surface area contributed by atoms with Crippen LogP contribution in [0.5, 0.6) is 0 Å². The van der Waals surface area contributed by atoms with Crippen LogP contribution in [0.1, 0.15) is 25.7 Å². The topological polar surface area (TPSA) is 67.0 Å². The van der Waals surface area contributed by atoms with E-state index in [0.29, 0.717) is 19.3 Å². The van der Waals surface area contributed by atoms with Crippen LogP contribution in [0.15, 0.2) is 17.1 Å². The van der Waals surface area contributed by atoms with Crippen LogP contribution in [0, 0.1) is 0 Å². The molecule has 1 saturated carbocycles. The summed E-state index contributed by atoms with van der Waals surface area (Å²) in [4.78, 5) is 10.9. The Bertz CT molecular complexity index is 371. The van der Waals surface area contributed by atoms with Crippen LogP contribution < -0.4 is 10.9 Å². The monoisotopic (exact) mass is 223 g/mol. The van der Waals surface area contributed by atoms with E-state index in [4.69, 9.17) is 4.74 Å². The molecule has 0 radical (unpaired) electrons. The molecule has 0 aromatic carbocycles. The average molecular weight is 223 g/mol. The Morgan fingerprint density at radius 3 is 3.06 bits per heavy atom. The lowest BCUT2D eigenvalue weighted by Gasteiger charge is -2.11. The number of hydrogen-bond donors (Lipinski definition) is 2. The number of anilines is 1. The minimum atomic E-state index is -0.193. The third-order valence-corrected chi connectivity index (χ3v) is 2.75. The van der Waals surface area contributed by atoms with Crippen molar-refractivity contribution in [3.05, 3.63) is 22.6 Å². The van der Waals surface area contributed by atoms with Crippen LogP contribution in [-0.4, -0.2) is 29.5 Å². The van der Waals surface area contributed by atoms with Gasteiger partial charge >= 0.3 is 0 Å². The van der Waals surface area contributed by atoms with Crippen molar-refractivity contribution in [3.8, 4) is 0 Å². The largest absolute Gasteiger partial charge is 0.381 e. The molecule has 1 aromatic rings. The maximum Gasteiger partial charge on any atom is 0.266 e. The Kier molecular flexibility index (Phi) is 3.93. The van der Waals surface area contributed by atoms with Gasteiger partial charge in [0.05, 0.1) is 24.6 Å². The van der Waals surface area contributed by atoms with Gasteiger partial charge in [0, 0.05) is 12.6 Å². The predicted octanol–water partition coefficient (Wildman–Crippen LogP) is 1.14. The summed E-state index contributed by atoms with van der Waals surface area (Å²) in [5.41, 5.74) is 0.542. The summed E-state index contributed by atoms with van der Waals surface area (Å²) in [7, 11) is 0. The lowest BCUT2D eigenvalue weighted by molar-refractivity contribution is 0.0659. The van der Waals surface area contributed by atoms with E-state index in [1.54, 1.807) is 6.20 Å². The highest BCUT2D eigenvalue weighted by Gasteiger charge is 2.14. The number of rotatable bonds is 5. The zero-order valence-corrected chi connectivity index (χ0v) is 9.24. The quantitative estimate of drug-likeness (QED) is 0.735. The fourth-order valence-corrected chi connectivity index (χ4v) is 1.95. The molecule has 5 nitrogen and oxygen atoms in total. The SMILES string of the molecule is O=c1cc(NCCOC2CCCC2)cn[nH]1. The molecule has 0 amide bonds. The molecule has 1 aromatic heterocycles. The second-order valence-corrected chi connectivity index (χ2v) is 4.04. The Morgan fingerprint density at radius 1 is 1.50 bits per heavy atom. The molecule has 88 valence electrons. The summed E-state index contributed by atoms with van der Waals surface area (Å²) in [6.07, 6.45) is 6.99. The molecule has 2 N–H and O–H groups in total. The molecule has 16 heavy (non-hydrogen) atoms. The van der Waals surface area contributed by atoms with Crippen LogP contribution in [0.25, 0.3) is 0 Å². The lowest BCUT2D eigenvalue weighted by atomic mass is 10.3. The summed E-state index contributed by atoms with van der Waals surface area (Å²) in [5.74, 6) is 0. The van der Waals surface area contributed by atoms with E-state index in [2.05, 4.69) is 15.5 Å². The minimum absolute atomic E-state index is 0.193. The summed E-state index contributed by atoms with van der Waals surface area (Å²) in [6.45, 7) is 1.39. The van der Waals surface area contributed by atoms with Gasteiger partial charge in [0.15, 0.2) is 0 Å². The van der Waals surface area contributed by atoms with Gasteiger partial charge in [0.1, 0.15) is 0 Å². The van der Waals surface area contributed by atoms with Gasteiger partial charge in [-0.15, -0.1) is 0 Å². The highest BCUT2D eigenvalue weighted by atomic mass is 16.5. The number of nitrogens with one attached hydrogen (secondary N) is 2. The molecule has 0 bridgehead atoms. The molecule has 1 aliphatic carbocycles. The molecule has 0 aliphatic heterocycles. The molecular formula is C11H17N3O2. The van der Waals surface area contributed by atoms with Crippen molar-refractivity contribution in [1.29, 1.82) is 0 Å². The van der Waals surface area contributed by atoms with E-state index in [9.17, 15) is 4.79 Å². The number of nitrogens with zero attached hydrogens (tertiary/aromatic N) is 1. The molecule has 2 rings (SSSR count). The van der Waals surface area contributed by atoms with Gasteiger partial charge in [0.2, 0.25) is 0 Å². The van der Waals surface area contributed by atoms with Crippen molar-refractivity contribution in [2.45, 2.75) is 31.8 Å². The first kappa shape index (κ1) is 11.1. The zero-order valence-electron chi connectivity index (χ0n) is 9.24. The molecule has 1 aliphatic rings. The molecule has 1 heterocycles. The van der Waals surface area contributed by atoms with Crippen LogP contribution in [0.4, 0.5) is 5.69 Å². The van der Waals surface area contributed by atoms with E-state index in [1.807, 2.05) is 0 Å². The first-order chi connectivity index (χ1) is 7.84. The Morgan fingerprint density at radius 2 is 2.31 bits per heavy atom. The van der Waals surface area contributed by atoms with Crippen molar-refractivity contribution in [2.24, 2.45) is 0 Å². The first-order valence-electron chi connectivity index (χ1n) is 5.75. The van der Waals surface area contributed by atoms with Gasteiger partial charge in [-0.05, 0) is 12.8 Å². The molecule has 5 heteroatoms. The van der Waals surface area contributed by atoms with Gasteiger partial charge in [0.25, 0.3) is 5.56 Å². The first-order valence-corrected chi connectivity index (χ1v) is 5.75. The predicted molar refractivity (Wildman–Crippen MR) is 61.6 cm³/mol. The van der Waals surface area contributed by atoms with Crippen LogP contribution in [0.2, 0.25) is 0 Å². The van der Waals surface area contributed by atoms with Crippen molar-refractivity contribution in [2.75, 3.05) is 18.5 Å². The maximum atomic E-state index is 10.9. The number of H-pyrrole nitrogens is 1. The van der Waals surface area contributed by atoms with Crippen LogP contribution in [0.3, 0.4) is 0 Å². The molecule has 0 spiro atoms. The summed E-state index contributed by atoms with van der Waals surface area (Å²) >= 11 is 0. The number of hydrogen-bond acceptors (Lipinski definition) is 4. The highest BCUT2D eigenvalue weighted by Crippen LogP contribution is 2.20. The Labute approximate surface area is 94.2 Å². The summed E-state index contributed by atoms with van der Waals surface area (Å²) in [6, 6.07) is 1.49. The fourth-order valence-electron chi connectivity index (χ4n) is 1.95. The number of aromatic nitrogens is 2. The molecular weight excluding hydrogens is 206 g/mol. The third-order valence-electron chi connectivity index (χ3n) is 2.75. The van der Waals surface area contributed by atoms with Crippen molar-refractivity contribution in [1.82, 2.24) is 10.2 Å². The van der Waals surface area contributed by atoms with Crippen molar-refractivity contribution in [3.63, 3.8) is 0 Å². The summed E-state index contributed by atoms with van der Waals surface area (Å²) in [5, 5.41) is 9.13. The van der Waals surface area contributed by atoms with E-state index in [-0.39, 0.29) is 5.56 Å². The zero-order chi connectivity index (χ0) is 11.2. The highest BCUT2D eigenvalue weighted by molar-refractivity contribution is 5.38. The maximum absolute atomic E-state index is 10.9. The summed E-state index contributed by atoms with van der Waals surface area (Å²) < 4.78 is 5.69. The van der Waals surface area contributed by atoms with Gasteiger partial charge in [-0.2, -0.15) is 5.10 Å². The normalized spacial score (nSPS) is 16.5. The fraction of sp³-hybridized carbons (Fsp3) is 0.636. The molecule has 0 unspecified atom stereocenters. The van der Waals surface area contributed by atoms with Crippen LogP contribution in [-0.2, 0) is 4.74 Å². The Hall–Kier alpha value is -1.36. The van der Waals surface area contributed by atoms with E-state index >= 15 is 0 Å². The molecule has 1 fully saturated rings. The van der Waals surface area contributed by atoms with Crippen LogP contribution >= 0.6 is 0 Å². The molecule has 0 saturated heterocycles. The van der Waals surface area contributed by atoms with Gasteiger partial charge in [-0.3, -0.25) is 4.79 Å². The molecule has 0 atom stereocenters. The standard InChI is InChI=1S/C11H17N3O2/c15-11-7-9(8-13-14-11)12-5-6-16-10-3-1-2-4-10/h7-8,10H,1-6H2,(H2,12,14,15). The minimum Gasteiger partial charge on any atom is -0.381 e. The second kappa shape index (κ2) is 5.65. The van der Waals surface area contributed by atoms with E-state index < -0.39 is 0 Å². The number of aromatic amines is 1.